The van der Waals surface area contributed by atoms with Crippen molar-refractivity contribution in [3.8, 4) is 6.07 Å². The first-order chi connectivity index (χ1) is 9.92. The molecule has 1 fully saturated rings. The number of sulfone groups is 1. The van der Waals surface area contributed by atoms with Gasteiger partial charge in [0.2, 0.25) is 0 Å². The van der Waals surface area contributed by atoms with Crippen LogP contribution in [0.1, 0.15) is 19.4 Å². The van der Waals surface area contributed by atoms with E-state index in [0.717, 1.165) is 6.54 Å². The van der Waals surface area contributed by atoms with Crippen molar-refractivity contribution in [2.45, 2.75) is 30.9 Å². The van der Waals surface area contributed by atoms with E-state index in [1.165, 1.54) is 6.07 Å². The molecule has 6 heteroatoms. The predicted octanol–water partition coefficient (Wildman–Crippen LogP) is 1.44. The van der Waals surface area contributed by atoms with Crippen LogP contribution in [0.2, 0.25) is 0 Å². The fourth-order valence-electron chi connectivity index (χ4n) is 2.40. The zero-order chi connectivity index (χ0) is 15.5. The third kappa shape index (κ3) is 4.03. The lowest BCUT2D eigenvalue weighted by Crippen LogP contribution is -2.48. The first-order valence-electron chi connectivity index (χ1n) is 7.01. The molecule has 2 rings (SSSR count). The average Bonchev–Trinajstić information content (AvgIpc) is 2.48. The molecule has 0 bridgehead atoms. The lowest BCUT2D eigenvalue weighted by molar-refractivity contribution is -0.0469. The van der Waals surface area contributed by atoms with Crippen LogP contribution in [0.25, 0.3) is 0 Å². The molecule has 5 nitrogen and oxygen atoms in total. The minimum absolute atomic E-state index is 0.0545. The molecule has 0 amide bonds. The van der Waals surface area contributed by atoms with E-state index < -0.39 is 9.84 Å². The van der Waals surface area contributed by atoms with Crippen molar-refractivity contribution >= 4 is 9.84 Å². The van der Waals surface area contributed by atoms with Crippen molar-refractivity contribution in [3.63, 3.8) is 0 Å². The molecule has 1 saturated heterocycles. The maximum absolute atomic E-state index is 12.4. The molecule has 0 unspecified atom stereocenters. The van der Waals surface area contributed by atoms with Crippen LogP contribution in [0.5, 0.6) is 0 Å². The van der Waals surface area contributed by atoms with Gasteiger partial charge in [0, 0.05) is 19.1 Å². The summed E-state index contributed by atoms with van der Waals surface area (Å²) in [5.74, 6) is 0.0545. The van der Waals surface area contributed by atoms with Gasteiger partial charge in [-0.2, -0.15) is 5.26 Å². The fraction of sp³-hybridized carbons (Fsp3) is 0.533. The van der Waals surface area contributed by atoms with E-state index in [9.17, 15) is 8.42 Å². The van der Waals surface area contributed by atoms with Crippen molar-refractivity contribution in [2.75, 3.05) is 25.4 Å². The molecule has 0 spiro atoms. The van der Waals surface area contributed by atoms with E-state index in [2.05, 4.69) is 4.90 Å². The standard InChI is InChI=1S/C15H20N2O3S/c1-12-11-20-13(2)10-17(12)6-7-21(18,19)15-5-3-4-14(8-15)9-16/h3-5,8,12-13H,6-7,10-11H2,1-2H3/t12-,13-/m0/s1. The van der Waals surface area contributed by atoms with E-state index >= 15 is 0 Å². The van der Waals surface area contributed by atoms with Gasteiger partial charge in [0.1, 0.15) is 0 Å². The van der Waals surface area contributed by atoms with E-state index in [-0.39, 0.29) is 22.8 Å². The van der Waals surface area contributed by atoms with Crippen LogP contribution >= 0.6 is 0 Å². The highest BCUT2D eigenvalue weighted by atomic mass is 32.2. The number of benzene rings is 1. The molecular weight excluding hydrogens is 288 g/mol. The Balaban J connectivity index is 2.05. The number of nitrogens with zero attached hydrogens (tertiary/aromatic N) is 2. The highest BCUT2D eigenvalue weighted by Crippen LogP contribution is 2.16. The number of morpholine rings is 1. The Bertz CT molecular complexity index is 637. The Labute approximate surface area is 126 Å². The van der Waals surface area contributed by atoms with Crippen molar-refractivity contribution in [1.29, 1.82) is 5.26 Å². The summed E-state index contributed by atoms with van der Waals surface area (Å²) in [5.41, 5.74) is 0.365. The van der Waals surface area contributed by atoms with Gasteiger partial charge in [-0.15, -0.1) is 0 Å². The molecule has 114 valence electrons. The van der Waals surface area contributed by atoms with Crippen LogP contribution < -0.4 is 0 Å². The lowest BCUT2D eigenvalue weighted by Gasteiger charge is -2.36. The van der Waals surface area contributed by atoms with Crippen molar-refractivity contribution in [1.82, 2.24) is 4.90 Å². The summed E-state index contributed by atoms with van der Waals surface area (Å²) < 4.78 is 30.3. The molecule has 1 heterocycles. The molecule has 1 aliphatic rings. The van der Waals surface area contributed by atoms with E-state index in [0.29, 0.717) is 18.7 Å². The van der Waals surface area contributed by atoms with E-state index in [1.807, 2.05) is 19.9 Å². The summed E-state index contributed by atoms with van der Waals surface area (Å²) in [6, 6.07) is 8.37. The minimum atomic E-state index is -3.37. The second kappa shape index (κ2) is 6.56. The Morgan fingerprint density at radius 3 is 2.90 bits per heavy atom. The van der Waals surface area contributed by atoms with E-state index in [1.54, 1.807) is 18.2 Å². The molecule has 0 saturated carbocycles. The Hall–Kier alpha value is -1.42. The maximum Gasteiger partial charge on any atom is 0.179 e. The molecular formula is C15H20N2O3S. The second-order valence-electron chi connectivity index (χ2n) is 5.45. The van der Waals surface area contributed by atoms with Gasteiger partial charge in [0.15, 0.2) is 9.84 Å². The van der Waals surface area contributed by atoms with Crippen LogP contribution in [0.3, 0.4) is 0 Å². The molecule has 0 aromatic heterocycles. The largest absolute Gasteiger partial charge is 0.376 e. The van der Waals surface area contributed by atoms with Crippen LogP contribution in [-0.4, -0.2) is 50.9 Å². The average molecular weight is 308 g/mol. The molecule has 1 aromatic rings. The highest BCUT2D eigenvalue weighted by molar-refractivity contribution is 7.91. The lowest BCUT2D eigenvalue weighted by atomic mass is 10.2. The van der Waals surface area contributed by atoms with Crippen molar-refractivity contribution < 1.29 is 13.2 Å². The maximum atomic E-state index is 12.4. The summed E-state index contributed by atoms with van der Waals surface area (Å²) in [7, 11) is -3.37. The van der Waals surface area contributed by atoms with Gasteiger partial charge in [-0.05, 0) is 32.0 Å². The van der Waals surface area contributed by atoms with Crippen molar-refractivity contribution in [2.24, 2.45) is 0 Å². The van der Waals surface area contributed by atoms with Crippen LogP contribution in [0.15, 0.2) is 29.2 Å². The number of hydrogen-bond acceptors (Lipinski definition) is 5. The quantitative estimate of drug-likeness (QED) is 0.842. The van der Waals surface area contributed by atoms with Crippen molar-refractivity contribution in [3.05, 3.63) is 29.8 Å². The van der Waals surface area contributed by atoms with Gasteiger partial charge in [0.25, 0.3) is 0 Å². The summed E-state index contributed by atoms with van der Waals surface area (Å²) in [5, 5.41) is 8.86. The van der Waals surface area contributed by atoms with Gasteiger partial charge in [-0.1, -0.05) is 6.07 Å². The van der Waals surface area contributed by atoms with E-state index in [4.69, 9.17) is 10.00 Å². The topological polar surface area (TPSA) is 70.4 Å². The summed E-state index contributed by atoms with van der Waals surface area (Å²) in [6.45, 7) is 5.88. The minimum Gasteiger partial charge on any atom is -0.376 e. The number of nitriles is 1. The van der Waals surface area contributed by atoms with Gasteiger partial charge in [-0.3, -0.25) is 4.90 Å². The normalized spacial score (nSPS) is 23.7. The van der Waals surface area contributed by atoms with Crippen LogP contribution in [0, 0.1) is 11.3 Å². The number of ether oxygens (including phenoxy) is 1. The SMILES string of the molecule is C[C@H]1CN(CCS(=O)(=O)c2cccc(C#N)c2)[C@@H](C)CO1. The first-order valence-corrected chi connectivity index (χ1v) is 8.66. The monoisotopic (exact) mass is 308 g/mol. The molecule has 0 aliphatic carbocycles. The predicted molar refractivity (Wildman–Crippen MR) is 79.7 cm³/mol. The van der Waals surface area contributed by atoms with Gasteiger partial charge in [-0.25, -0.2) is 8.42 Å². The van der Waals surface area contributed by atoms with Gasteiger partial charge >= 0.3 is 0 Å². The summed E-state index contributed by atoms with van der Waals surface area (Å²) >= 11 is 0. The smallest absolute Gasteiger partial charge is 0.179 e. The third-order valence-electron chi connectivity index (χ3n) is 3.71. The van der Waals surface area contributed by atoms with Crippen LogP contribution in [-0.2, 0) is 14.6 Å². The molecule has 0 radical (unpaired) electrons. The fourth-order valence-corrected chi connectivity index (χ4v) is 3.70. The Kier molecular flexibility index (Phi) is 4.99. The zero-order valence-electron chi connectivity index (χ0n) is 12.3. The first kappa shape index (κ1) is 16.0. The molecule has 21 heavy (non-hydrogen) atoms. The number of hydrogen-bond donors (Lipinski definition) is 0. The Morgan fingerprint density at radius 2 is 2.19 bits per heavy atom. The molecule has 2 atom stereocenters. The second-order valence-corrected chi connectivity index (χ2v) is 7.56. The zero-order valence-corrected chi connectivity index (χ0v) is 13.1. The van der Waals surface area contributed by atoms with Crippen LogP contribution in [0.4, 0.5) is 0 Å². The number of rotatable bonds is 4. The highest BCUT2D eigenvalue weighted by Gasteiger charge is 2.25. The summed E-state index contributed by atoms with van der Waals surface area (Å²) in [4.78, 5) is 2.36. The molecule has 1 aromatic carbocycles. The summed E-state index contributed by atoms with van der Waals surface area (Å²) in [6.07, 6.45) is 0.130. The van der Waals surface area contributed by atoms with Gasteiger partial charge < -0.3 is 4.74 Å². The molecule has 1 aliphatic heterocycles. The Morgan fingerprint density at radius 1 is 1.43 bits per heavy atom. The molecule has 0 N–H and O–H groups in total. The third-order valence-corrected chi connectivity index (χ3v) is 5.40. The van der Waals surface area contributed by atoms with Gasteiger partial charge in [0.05, 0.1) is 35.0 Å².